The van der Waals surface area contributed by atoms with Gasteiger partial charge in [0.2, 0.25) is 11.7 Å². The number of carbonyl (C=O) groups excluding carboxylic acids is 2. The van der Waals surface area contributed by atoms with Gasteiger partial charge in [-0.15, -0.1) is 5.10 Å². The smallest absolute Gasteiger partial charge is 0.288 e. The molecule has 0 saturated carbocycles. The first-order valence-corrected chi connectivity index (χ1v) is 9.78. The number of amides is 2. The molecule has 3 aromatic rings. The van der Waals surface area contributed by atoms with Crippen molar-refractivity contribution < 1.29 is 27.8 Å². The molecule has 3 heterocycles. The summed E-state index contributed by atoms with van der Waals surface area (Å²) in [6, 6.07) is 10.1. The van der Waals surface area contributed by atoms with Gasteiger partial charge in [-0.1, -0.05) is 30.3 Å². The summed E-state index contributed by atoms with van der Waals surface area (Å²) in [7, 11) is 0. The number of aromatic nitrogens is 3. The summed E-state index contributed by atoms with van der Waals surface area (Å²) in [5.74, 6) is -4.11. The van der Waals surface area contributed by atoms with Gasteiger partial charge in [0.1, 0.15) is 30.0 Å². The lowest BCUT2D eigenvalue weighted by molar-refractivity contribution is -0.124. The average Bonchev–Trinajstić information content (AvgIpc) is 3.15. The maximum absolute atomic E-state index is 14.2. The minimum atomic E-state index is -0.949. The van der Waals surface area contributed by atoms with Gasteiger partial charge in [-0.05, 0) is 5.56 Å². The van der Waals surface area contributed by atoms with Crippen molar-refractivity contribution in [3.05, 3.63) is 71.3 Å². The molecule has 0 saturated heterocycles. The van der Waals surface area contributed by atoms with Crippen LogP contribution in [-0.4, -0.2) is 39.8 Å². The van der Waals surface area contributed by atoms with Crippen LogP contribution in [0.5, 0.6) is 5.75 Å². The molecule has 0 radical (unpaired) electrons. The van der Waals surface area contributed by atoms with E-state index in [9.17, 15) is 18.4 Å². The molecule has 32 heavy (non-hydrogen) atoms. The predicted octanol–water partition coefficient (Wildman–Crippen LogP) is 1.96. The van der Waals surface area contributed by atoms with Crippen LogP contribution < -0.4 is 15.8 Å². The zero-order chi connectivity index (χ0) is 22.4. The van der Waals surface area contributed by atoms with Crippen molar-refractivity contribution in [1.29, 1.82) is 0 Å². The lowest BCUT2D eigenvalue weighted by atomic mass is 9.97. The highest BCUT2D eigenvalue weighted by molar-refractivity contribution is 5.95. The fourth-order valence-corrected chi connectivity index (χ4v) is 3.90. The van der Waals surface area contributed by atoms with Gasteiger partial charge in [-0.3, -0.25) is 9.59 Å². The van der Waals surface area contributed by atoms with Crippen molar-refractivity contribution in [1.82, 2.24) is 14.8 Å². The van der Waals surface area contributed by atoms with E-state index in [1.165, 1.54) is 4.68 Å². The third-order valence-electron chi connectivity index (χ3n) is 5.45. The zero-order valence-electron chi connectivity index (χ0n) is 16.5. The molecule has 3 atom stereocenters. The second kappa shape index (κ2) is 7.68. The molecule has 0 bridgehead atoms. The van der Waals surface area contributed by atoms with Crippen LogP contribution in [0.25, 0.3) is 0 Å². The Hall–Kier alpha value is -3.86. The number of halogens is 2. The summed E-state index contributed by atoms with van der Waals surface area (Å²) < 4.78 is 40.8. The highest BCUT2D eigenvalue weighted by Gasteiger charge is 2.41. The molecular weight excluding hydrogens is 424 g/mol. The molecule has 11 heteroatoms. The van der Waals surface area contributed by atoms with Crippen molar-refractivity contribution in [3.63, 3.8) is 0 Å². The molecule has 2 aromatic carbocycles. The minimum Gasteiger partial charge on any atom is -0.490 e. The Labute approximate surface area is 180 Å². The second-order valence-electron chi connectivity index (χ2n) is 7.46. The first-order chi connectivity index (χ1) is 15.4. The molecular formula is C21H17F2N5O4. The quantitative estimate of drug-likeness (QED) is 0.641. The van der Waals surface area contributed by atoms with Gasteiger partial charge in [0.15, 0.2) is 11.6 Å². The minimum absolute atomic E-state index is 0.0305. The number of nitrogens with one attached hydrogen (secondary N) is 1. The molecule has 0 fully saturated rings. The van der Waals surface area contributed by atoms with Crippen molar-refractivity contribution in [2.45, 2.75) is 12.1 Å². The molecule has 5 rings (SSSR count). The van der Waals surface area contributed by atoms with Gasteiger partial charge < -0.3 is 20.5 Å². The SMILES string of the molecule is NC(=O)c1nc2n(n1)C([C@H]1COc3cc(F)cc(F)c3NC1=O)COC2c1ccccc1. The zero-order valence-corrected chi connectivity index (χ0v) is 16.5. The molecule has 0 spiro atoms. The number of carbonyl (C=O) groups is 2. The van der Waals surface area contributed by atoms with Crippen LogP contribution in [0.15, 0.2) is 42.5 Å². The molecule has 9 nitrogen and oxygen atoms in total. The maximum Gasteiger partial charge on any atom is 0.288 e. The van der Waals surface area contributed by atoms with Crippen molar-refractivity contribution in [2.24, 2.45) is 11.7 Å². The Kier molecular flexibility index (Phi) is 4.82. The number of nitrogens with zero attached hydrogens (tertiary/aromatic N) is 3. The number of primary amides is 1. The Bertz CT molecular complexity index is 1220. The van der Waals surface area contributed by atoms with Gasteiger partial charge in [0.05, 0.1) is 18.6 Å². The third kappa shape index (κ3) is 3.36. The number of hydrogen-bond acceptors (Lipinski definition) is 6. The summed E-state index contributed by atoms with van der Waals surface area (Å²) in [5.41, 5.74) is 5.91. The van der Waals surface area contributed by atoms with Crippen LogP contribution >= 0.6 is 0 Å². The molecule has 3 N–H and O–H groups in total. The lowest BCUT2D eigenvalue weighted by Crippen LogP contribution is -2.40. The fourth-order valence-electron chi connectivity index (χ4n) is 3.90. The number of anilines is 1. The van der Waals surface area contributed by atoms with Gasteiger partial charge >= 0.3 is 0 Å². The summed E-state index contributed by atoms with van der Waals surface area (Å²) in [5, 5.41) is 6.66. The van der Waals surface area contributed by atoms with Gasteiger partial charge in [-0.2, -0.15) is 0 Å². The number of rotatable bonds is 3. The Morgan fingerprint density at radius 3 is 2.72 bits per heavy atom. The normalized spacial score (nSPS) is 22.2. The van der Waals surface area contributed by atoms with E-state index in [1.54, 1.807) is 0 Å². The molecule has 2 aliphatic heterocycles. The van der Waals surface area contributed by atoms with E-state index in [0.29, 0.717) is 11.9 Å². The predicted molar refractivity (Wildman–Crippen MR) is 106 cm³/mol. The van der Waals surface area contributed by atoms with Crippen molar-refractivity contribution in [3.8, 4) is 5.75 Å². The van der Waals surface area contributed by atoms with Crippen LogP contribution in [0.4, 0.5) is 14.5 Å². The molecule has 2 unspecified atom stereocenters. The maximum atomic E-state index is 14.2. The van der Waals surface area contributed by atoms with Crippen molar-refractivity contribution in [2.75, 3.05) is 18.5 Å². The Morgan fingerprint density at radius 1 is 1.19 bits per heavy atom. The standard InChI is InChI=1S/C21H17F2N5O4/c22-11-6-13(23)16-15(7-11)31-8-12(21(30)25-16)14-9-32-17(10-4-2-1-3-5-10)20-26-19(18(24)29)27-28(14)20/h1-7,12,14,17H,8-9H2,(H2,24,29)(H,25,30)/t12-,14?,17?/m1/s1. The molecule has 0 aliphatic carbocycles. The number of nitrogens with two attached hydrogens (primary N) is 1. The van der Waals surface area contributed by atoms with Crippen LogP contribution in [0.1, 0.15) is 34.2 Å². The van der Waals surface area contributed by atoms with Crippen LogP contribution in [0.3, 0.4) is 0 Å². The largest absolute Gasteiger partial charge is 0.490 e. The van der Waals surface area contributed by atoms with E-state index >= 15 is 0 Å². The van der Waals surface area contributed by atoms with Crippen LogP contribution in [0.2, 0.25) is 0 Å². The molecule has 2 aliphatic rings. The molecule has 1 aromatic heterocycles. The number of fused-ring (bicyclic) bond motifs is 2. The summed E-state index contributed by atoms with van der Waals surface area (Å²) in [6.07, 6.45) is -0.633. The Balaban J connectivity index is 1.52. The first-order valence-electron chi connectivity index (χ1n) is 9.78. The summed E-state index contributed by atoms with van der Waals surface area (Å²) >= 11 is 0. The van der Waals surface area contributed by atoms with E-state index < -0.39 is 41.5 Å². The highest BCUT2D eigenvalue weighted by Crippen LogP contribution is 2.38. The third-order valence-corrected chi connectivity index (χ3v) is 5.45. The Morgan fingerprint density at radius 2 is 1.97 bits per heavy atom. The van der Waals surface area contributed by atoms with E-state index in [2.05, 4.69) is 15.4 Å². The van der Waals surface area contributed by atoms with E-state index in [0.717, 1.165) is 11.6 Å². The van der Waals surface area contributed by atoms with Gasteiger partial charge in [0, 0.05) is 12.1 Å². The second-order valence-corrected chi connectivity index (χ2v) is 7.46. The van der Waals surface area contributed by atoms with Gasteiger partial charge in [0.25, 0.3) is 5.91 Å². The molecule has 2 amide bonds. The summed E-state index contributed by atoms with van der Waals surface area (Å²) in [6.45, 7) is -0.167. The number of hydrogen-bond donors (Lipinski definition) is 2. The lowest BCUT2D eigenvalue weighted by Gasteiger charge is -2.33. The highest BCUT2D eigenvalue weighted by atomic mass is 19.1. The van der Waals surface area contributed by atoms with Crippen LogP contribution in [0, 0.1) is 17.6 Å². The van der Waals surface area contributed by atoms with Gasteiger partial charge in [-0.25, -0.2) is 18.4 Å². The fraction of sp³-hybridized carbons (Fsp3) is 0.238. The molecule has 164 valence electrons. The average molecular weight is 441 g/mol. The topological polar surface area (TPSA) is 121 Å². The monoisotopic (exact) mass is 441 g/mol. The van der Waals surface area contributed by atoms with E-state index in [4.69, 9.17) is 15.2 Å². The van der Waals surface area contributed by atoms with Crippen LogP contribution in [-0.2, 0) is 9.53 Å². The first kappa shape index (κ1) is 20.1. The van der Waals surface area contributed by atoms with Crippen molar-refractivity contribution >= 4 is 17.5 Å². The van der Waals surface area contributed by atoms with E-state index in [1.807, 2.05) is 30.3 Å². The number of ether oxygens (including phenoxy) is 2. The van der Waals surface area contributed by atoms with E-state index in [-0.39, 0.29) is 30.5 Å². The number of benzene rings is 2. The summed E-state index contributed by atoms with van der Waals surface area (Å²) in [4.78, 5) is 28.9.